The van der Waals surface area contributed by atoms with Gasteiger partial charge in [0.25, 0.3) is 5.89 Å². The van der Waals surface area contributed by atoms with Crippen LogP contribution in [0.4, 0.5) is 0 Å². The van der Waals surface area contributed by atoms with Gasteiger partial charge >= 0.3 is 5.97 Å². The van der Waals surface area contributed by atoms with E-state index in [1.54, 1.807) is 31.2 Å². The summed E-state index contributed by atoms with van der Waals surface area (Å²) in [6.07, 6.45) is 2.46. The summed E-state index contributed by atoms with van der Waals surface area (Å²) in [5, 5.41) is 7.40. The van der Waals surface area contributed by atoms with Crippen molar-refractivity contribution in [3.63, 3.8) is 0 Å². The molecule has 0 saturated carbocycles. The molecule has 0 aliphatic carbocycles. The summed E-state index contributed by atoms with van der Waals surface area (Å²) >= 11 is 0. The Labute approximate surface area is 152 Å². The molecule has 1 aliphatic heterocycles. The molecule has 0 amide bonds. The number of carbonyl (C=O) groups excluding carboxylic acids is 1. The Bertz CT molecular complexity index is 855. The van der Waals surface area contributed by atoms with Crippen molar-refractivity contribution in [1.82, 2.24) is 14.5 Å². The monoisotopic (exact) mass is 379 g/mol. The number of hydrogen-bond acceptors (Lipinski definition) is 7. The van der Waals surface area contributed by atoms with Crippen molar-refractivity contribution < 1.29 is 22.4 Å². The first-order chi connectivity index (χ1) is 12.4. The van der Waals surface area contributed by atoms with Crippen molar-refractivity contribution >= 4 is 16.0 Å². The van der Waals surface area contributed by atoms with Crippen LogP contribution < -0.4 is 0 Å². The standard InChI is InChI=1S/C17H21N3O5S/c1-13-18-19-16(25-13)12-24-17(21)9-6-14-4-7-15(8-5-14)26(22,23)20-10-2-3-11-20/h4-5,7-8H,2-3,6,9-12H2,1H3. The maximum atomic E-state index is 12.5. The van der Waals surface area contributed by atoms with E-state index in [-0.39, 0.29) is 29.8 Å². The normalized spacial score (nSPS) is 15.3. The molecule has 2 aromatic rings. The minimum Gasteiger partial charge on any atom is -0.456 e. The van der Waals surface area contributed by atoms with Gasteiger partial charge in [0.05, 0.1) is 4.90 Å². The largest absolute Gasteiger partial charge is 0.456 e. The molecule has 0 radical (unpaired) electrons. The lowest BCUT2D eigenvalue weighted by Crippen LogP contribution is -2.27. The average molecular weight is 379 g/mol. The first kappa shape index (κ1) is 18.5. The van der Waals surface area contributed by atoms with Crippen molar-refractivity contribution in [3.05, 3.63) is 41.6 Å². The molecule has 1 saturated heterocycles. The SMILES string of the molecule is Cc1nnc(COC(=O)CCc2ccc(S(=O)(=O)N3CCCC3)cc2)o1. The van der Waals surface area contributed by atoms with E-state index >= 15 is 0 Å². The summed E-state index contributed by atoms with van der Waals surface area (Å²) in [4.78, 5) is 12.1. The summed E-state index contributed by atoms with van der Waals surface area (Å²) in [7, 11) is -3.41. The Morgan fingerprint density at radius 2 is 1.88 bits per heavy atom. The second kappa shape index (κ2) is 7.96. The molecule has 0 atom stereocenters. The summed E-state index contributed by atoms with van der Waals surface area (Å²) in [5.41, 5.74) is 0.871. The fourth-order valence-electron chi connectivity index (χ4n) is 2.76. The molecule has 0 N–H and O–H groups in total. The molecular weight excluding hydrogens is 358 g/mol. The molecule has 140 valence electrons. The van der Waals surface area contributed by atoms with Crippen LogP contribution in [-0.2, 0) is 32.6 Å². The van der Waals surface area contributed by atoms with Gasteiger partial charge in [0, 0.05) is 26.4 Å². The number of nitrogens with zero attached hydrogens (tertiary/aromatic N) is 3. The number of esters is 1. The number of aryl methyl sites for hydroxylation is 2. The molecule has 1 fully saturated rings. The zero-order chi connectivity index (χ0) is 18.6. The Morgan fingerprint density at radius 3 is 2.50 bits per heavy atom. The quantitative estimate of drug-likeness (QED) is 0.676. The molecule has 0 unspecified atom stereocenters. The van der Waals surface area contributed by atoms with E-state index < -0.39 is 10.0 Å². The summed E-state index contributed by atoms with van der Waals surface area (Å²) in [5.74, 6) is 0.293. The van der Waals surface area contributed by atoms with Crippen molar-refractivity contribution in [2.45, 2.75) is 44.1 Å². The zero-order valence-electron chi connectivity index (χ0n) is 14.6. The lowest BCUT2D eigenvalue weighted by Gasteiger charge is -2.15. The van der Waals surface area contributed by atoms with Gasteiger partial charge in [-0.1, -0.05) is 12.1 Å². The third-order valence-electron chi connectivity index (χ3n) is 4.17. The summed E-state index contributed by atoms with van der Waals surface area (Å²) in [6, 6.07) is 6.65. The maximum absolute atomic E-state index is 12.5. The van der Waals surface area contributed by atoms with Crippen LogP contribution in [0.3, 0.4) is 0 Å². The van der Waals surface area contributed by atoms with Crippen LogP contribution in [0.1, 0.15) is 36.6 Å². The van der Waals surface area contributed by atoms with Crippen LogP contribution >= 0.6 is 0 Å². The molecule has 0 bridgehead atoms. The van der Waals surface area contributed by atoms with Crippen molar-refractivity contribution in [2.24, 2.45) is 0 Å². The van der Waals surface area contributed by atoms with E-state index in [4.69, 9.17) is 9.15 Å². The molecule has 1 aliphatic rings. The van der Waals surface area contributed by atoms with Crippen LogP contribution in [0.5, 0.6) is 0 Å². The molecule has 9 heteroatoms. The predicted octanol–water partition coefficient (Wildman–Crippen LogP) is 1.84. The lowest BCUT2D eigenvalue weighted by atomic mass is 10.1. The number of carbonyl (C=O) groups is 1. The van der Waals surface area contributed by atoms with E-state index in [1.165, 1.54) is 4.31 Å². The zero-order valence-corrected chi connectivity index (χ0v) is 15.4. The van der Waals surface area contributed by atoms with E-state index in [0.717, 1.165) is 18.4 Å². The van der Waals surface area contributed by atoms with E-state index in [1.807, 2.05) is 0 Å². The minimum atomic E-state index is -3.41. The Balaban J connectivity index is 1.50. The van der Waals surface area contributed by atoms with Crippen LogP contribution in [0, 0.1) is 6.92 Å². The van der Waals surface area contributed by atoms with E-state index in [9.17, 15) is 13.2 Å². The third-order valence-corrected chi connectivity index (χ3v) is 6.08. The lowest BCUT2D eigenvalue weighted by molar-refractivity contribution is -0.145. The van der Waals surface area contributed by atoms with Crippen LogP contribution in [0.15, 0.2) is 33.6 Å². The molecule has 0 spiro atoms. The Hall–Kier alpha value is -2.26. The molecule has 8 nitrogen and oxygen atoms in total. The molecule has 1 aromatic heterocycles. The van der Waals surface area contributed by atoms with Gasteiger partial charge in [-0.25, -0.2) is 8.42 Å². The second-order valence-corrected chi connectivity index (χ2v) is 8.07. The first-order valence-electron chi connectivity index (χ1n) is 8.49. The molecule has 3 rings (SSSR count). The molecule has 1 aromatic carbocycles. The van der Waals surface area contributed by atoms with E-state index in [0.29, 0.717) is 25.4 Å². The van der Waals surface area contributed by atoms with E-state index in [2.05, 4.69) is 10.2 Å². The summed E-state index contributed by atoms with van der Waals surface area (Å²) < 4.78 is 36.6. The maximum Gasteiger partial charge on any atom is 0.306 e. The minimum absolute atomic E-state index is 0.0489. The number of benzene rings is 1. The van der Waals surface area contributed by atoms with Gasteiger partial charge in [-0.15, -0.1) is 10.2 Å². The van der Waals surface area contributed by atoms with Gasteiger partial charge in [0.15, 0.2) is 6.61 Å². The fourth-order valence-corrected chi connectivity index (χ4v) is 4.28. The second-order valence-electron chi connectivity index (χ2n) is 6.13. The average Bonchev–Trinajstić information content (AvgIpc) is 3.30. The van der Waals surface area contributed by atoms with Gasteiger partial charge in [0.1, 0.15) is 0 Å². The number of hydrogen-bond donors (Lipinski definition) is 0. The topological polar surface area (TPSA) is 103 Å². The highest BCUT2D eigenvalue weighted by molar-refractivity contribution is 7.89. The third kappa shape index (κ3) is 4.47. The Morgan fingerprint density at radius 1 is 1.19 bits per heavy atom. The number of rotatable bonds is 7. The van der Waals surface area contributed by atoms with Crippen molar-refractivity contribution in [2.75, 3.05) is 13.1 Å². The molecule has 26 heavy (non-hydrogen) atoms. The van der Waals surface area contributed by atoms with Gasteiger partial charge in [-0.2, -0.15) is 4.31 Å². The smallest absolute Gasteiger partial charge is 0.306 e. The fraction of sp³-hybridized carbons (Fsp3) is 0.471. The van der Waals surface area contributed by atoms with Crippen LogP contribution in [0.25, 0.3) is 0 Å². The van der Waals surface area contributed by atoms with Crippen molar-refractivity contribution in [3.8, 4) is 0 Å². The van der Waals surface area contributed by atoms with Gasteiger partial charge in [-0.3, -0.25) is 4.79 Å². The number of ether oxygens (including phenoxy) is 1. The predicted molar refractivity (Wildman–Crippen MR) is 91.6 cm³/mol. The Kier molecular flexibility index (Phi) is 5.67. The number of aromatic nitrogens is 2. The van der Waals surface area contributed by atoms with Gasteiger partial charge in [0.2, 0.25) is 15.9 Å². The van der Waals surface area contributed by atoms with Crippen molar-refractivity contribution in [1.29, 1.82) is 0 Å². The highest BCUT2D eigenvalue weighted by atomic mass is 32.2. The summed E-state index contributed by atoms with van der Waals surface area (Å²) in [6.45, 7) is 2.77. The first-order valence-corrected chi connectivity index (χ1v) is 9.93. The van der Waals surface area contributed by atoms with Gasteiger partial charge in [-0.05, 0) is 37.0 Å². The molecular formula is C17H21N3O5S. The number of sulfonamides is 1. The van der Waals surface area contributed by atoms with Gasteiger partial charge < -0.3 is 9.15 Å². The van der Waals surface area contributed by atoms with Crippen LogP contribution in [0.2, 0.25) is 0 Å². The highest BCUT2D eigenvalue weighted by Crippen LogP contribution is 2.21. The highest BCUT2D eigenvalue weighted by Gasteiger charge is 2.26. The molecule has 2 heterocycles. The van der Waals surface area contributed by atoms with Crippen LogP contribution in [-0.4, -0.2) is 42.0 Å².